The highest BCUT2D eigenvalue weighted by Gasteiger charge is 2.25. The highest BCUT2D eigenvalue weighted by Crippen LogP contribution is 2.24. The topological polar surface area (TPSA) is 74.0 Å². The van der Waals surface area contributed by atoms with Crippen LogP contribution in [0.2, 0.25) is 0 Å². The maximum Gasteiger partial charge on any atom is 0.276 e. The van der Waals surface area contributed by atoms with Gasteiger partial charge >= 0.3 is 0 Å². The van der Waals surface area contributed by atoms with Crippen LogP contribution in [0.1, 0.15) is 27.9 Å². The fraction of sp³-hybridized carbons (Fsp3) is 0.136. The number of hydrogen-bond acceptors (Lipinski definition) is 4. The number of nitrogens with zero attached hydrogens (tertiary/aromatic N) is 4. The second kappa shape index (κ2) is 8.02. The normalized spacial score (nSPS) is 11.8. The van der Waals surface area contributed by atoms with E-state index in [0.717, 1.165) is 17.1 Å². The van der Waals surface area contributed by atoms with Gasteiger partial charge in [0, 0.05) is 19.4 Å². The van der Waals surface area contributed by atoms with Gasteiger partial charge in [-0.25, -0.2) is 9.67 Å². The number of amides is 1. The van der Waals surface area contributed by atoms with E-state index in [4.69, 9.17) is 4.74 Å². The molecule has 29 heavy (non-hydrogen) atoms. The van der Waals surface area contributed by atoms with Gasteiger partial charge in [-0.1, -0.05) is 48.5 Å². The number of methoxy groups -OCH3 is 1. The quantitative estimate of drug-likeness (QED) is 0.552. The van der Waals surface area contributed by atoms with E-state index in [1.807, 2.05) is 78.5 Å². The Morgan fingerprint density at radius 3 is 2.38 bits per heavy atom. The molecule has 0 bridgehead atoms. The zero-order chi connectivity index (χ0) is 20.2. The summed E-state index contributed by atoms with van der Waals surface area (Å²) in [6, 6.07) is 18.9. The number of ether oxygens (including phenoxy) is 1. The molecule has 0 aliphatic carbocycles. The number of aromatic nitrogens is 4. The van der Waals surface area contributed by atoms with Crippen molar-refractivity contribution in [1.29, 1.82) is 0 Å². The maximum absolute atomic E-state index is 13.2. The zero-order valence-corrected chi connectivity index (χ0v) is 16.2. The van der Waals surface area contributed by atoms with Crippen molar-refractivity contribution in [2.45, 2.75) is 6.04 Å². The number of carbonyl (C=O) groups excluding carboxylic acids is 1. The summed E-state index contributed by atoms with van der Waals surface area (Å²) in [5.74, 6) is 0.789. The van der Waals surface area contributed by atoms with Crippen LogP contribution in [-0.2, 0) is 7.05 Å². The Morgan fingerprint density at radius 1 is 1.07 bits per heavy atom. The van der Waals surface area contributed by atoms with E-state index in [1.54, 1.807) is 17.1 Å². The van der Waals surface area contributed by atoms with Gasteiger partial charge in [0.15, 0.2) is 11.4 Å². The lowest BCUT2D eigenvalue weighted by atomic mass is 10.1. The molecule has 0 aliphatic heterocycles. The van der Waals surface area contributed by atoms with Crippen molar-refractivity contribution in [3.8, 4) is 11.4 Å². The van der Waals surface area contributed by atoms with Crippen molar-refractivity contribution in [3.05, 3.63) is 96.3 Å². The van der Waals surface area contributed by atoms with Crippen LogP contribution in [0.3, 0.4) is 0 Å². The number of benzene rings is 2. The predicted molar refractivity (Wildman–Crippen MR) is 109 cm³/mol. The molecule has 2 aromatic carbocycles. The Hall–Kier alpha value is -3.87. The second-order valence-corrected chi connectivity index (χ2v) is 6.54. The number of carbonyl (C=O) groups is 1. The number of imidazole rings is 1. The van der Waals surface area contributed by atoms with E-state index in [9.17, 15) is 4.79 Å². The minimum atomic E-state index is -0.421. The first kappa shape index (κ1) is 18.5. The molecule has 7 nitrogen and oxygen atoms in total. The number of hydrogen-bond donors (Lipinski definition) is 1. The molecule has 7 heteroatoms. The summed E-state index contributed by atoms with van der Waals surface area (Å²) in [7, 11) is 3.42. The van der Waals surface area contributed by atoms with Gasteiger partial charge in [0.05, 0.1) is 19.0 Å². The van der Waals surface area contributed by atoms with Crippen LogP contribution < -0.4 is 10.1 Å². The summed E-state index contributed by atoms with van der Waals surface area (Å²) in [6.45, 7) is 0. The van der Waals surface area contributed by atoms with E-state index >= 15 is 0 Å². The van der Waals surface area contributed by atoms with Crippen molar-refractivity contribution < 1.29 is 9.53 Å². The van der Waals surface area contributed by atoms with Crippen molar-refractivity contribution in [3.63, 3.8) is 0 Å². The van der Waals surface area contributed by atoms with Crippen LogP contribution >= 0.6 is 0 Å². The van der Waals surface area contributed by atoms with E-state index in [2.05, 4.69) is 15.4 Å². The molecule has 1 amide bonds. The van der Waals surface area contributed by atoms with Gasteiger partial charge in [-0.05, 0) is 17.7 Å². The average Bonchev–Trinajstić information content (AvgIpc) is 3.39. The monoisotopic (exact) mass is 387 g/mol. The van der Waals surface area contributed by atoms with Crippen molar-refractivity contribution in [2.24, 2.45) is 7.05 Å². The molecule has 0 aliphatic rings. The van der Waals surface area contributed by atoms with Gasteiger partial charge in [0.1, 0.15) is 11.9 Å². The number of para-hydroxylation sites is 1. The molecule has 0 spiro atoms. The molecule has 1 N–H and O–H groups in total. The number of nitrogens with one attached hydrogen (secondary N) is 1. The Morgan fingerprint density at radius 2 is 1.76 bits per heavy atom. The van der Waals surface area contributed by atoms with Gasteiger partial charge in [0.25, 0.3) is 5.91 Å². The summed E-state index contributed by atoms with van der Waals surface area (Å²) < 4.78 is 8.92. The third-order valence-corrected chi connectivity index (χ3v) is 4.66. The fourth-order valence-electron chi connectivity index (χ4n) is 3.17. The highest BCUT2D eigenvalue weighted by atomic mass is 16.5. The maximum atomic E-state index is 13.2. The minimum Gasteiger partial charge on any atom is -0.493 e. The zero-order valence-electron chi connectivity index (χ0n) is 16.2. The first-order chi connectivity index (χ1) is 14.2. The summed E-state index contributed by atoms with van der Waals surface area (Å²) in [6.07, 6.45) is 5.26. The molecule has 146 valence electrons. The van der Waals surface area contributed by atoms with Crippen LogP contribution in [0.4, 0.5) is 0 Å². The predicted octanol–water partition coefficient (Wildman–Crippen LogP) is 3.13. The third-order valence-electron chi connectivity index (χ3n) is 4.66. The smallest absolute Gasteiger partial charge is 0.276 e. The van der Waals surface area contributed by atoms with Gasteiger partial charge in [0.2, 0.25) is 0 Å². The lowest BCUT2D eigenvalue weighted by Gasteiger charge is -2.18. The van der Waals surface area contributed by atoms with Gasteiger partial charge in [-0.3, -0.25) is 4.79 Å². The molecule has 2 heterocycles. The summed E-state index contributed by atoms with van der Waals surface area (Å²) in [5, 5.41) is 7.51. The lowest BCUT2D eigenvalue weighted by molar-refractivity contribution is 0.0932. The largest absolute Gasteiger partial charge is 0.493 e. The summed E-state index contributed by atoms with van der Waals surface area (Å²) in [4.78, 5) is 17.6. The molecular formula is C22H21N5O2. The van der Waals surface area contributed by atoms with E-state index < -0.39 is 6.04 Å². The molecule has 0 saturated heterocycles. The minimum absolute atomic E-state index is 0.214. The third kappa shape index (κ3) is 3.75. The Balaban J connectivity index is 1.68. The van der Waals surface area contributed by atoms with Crippen molar-refractivity contribution >= 4 is 5.91 Å². The second-order valence-electron chi connectivity index (χ2n) is 6.54. The SMILES string of the molecule is COc1cn(-c2ccccc2)nc1C(=O)N[C@@H](c1ccccc1)c1nccn1C. The van der Waals surface area contributed by atoms with Crippen LogP contribution in [0.25, 0.3) is 5.69 Å². The number of aryl methyl sites for hydroxylation is 1. The van der Waals surface area contributed by atoms with E-state index in [0.29, 0.717) is 5.75 Å². The Kier molecular flexibility index (Phi) is 5.11. The van der Waals surface area contributed by atoms with Gasteiger partial charge < -0.3 is 14.6 Å². The van der Waals surface area contributed by atoms with Crippen LogP contribution in [0.15, 0.2) is 79.3 Å². The molecule has 0 unspecified atom stereocenters. The van der Waals surface area contributed by atoms with Crippen molar-refractivity contribution in [1.82, 2.24) is 24.6 Å². The van der Waals surface area contributed by atoms with Crippen LogP contribution in [0, 0.1) is 0 Å². The Bertz CT molecular complexity index is 1100. The van der Waals surface area contributed by atoms with E-state index in [1.165, 1.54) is 7.11 Å². The molecule has 4 aromatic rings. The first-order valence-corrected chi connectivity index (χ1v) is 9.19. The number of rotatable bonds is 6. The first-order valence-electron chi connectivity index (χ1n) is 9.19. The average molecular weight is 387 g/mol. The van der Waals surface area contributed by atoms with Crippen molar-refractivity contribution in [2.75, 3.05) is 7.11 Å². The molecule has 0 saturated carbocycles. The molecule has 1 atom stereocenters. The summed E-state index contributed by atoms with van der Waals surface area (Å²) in [5.41, 5.74) is 1.98. The Labute approximate surface area is 168 Å². The molecule has 0 radical (unpaired) electrons. The van der Waals surface area contributed by atoms with Gasteiger partial charge in [-0.15, -0.1) is 0 Å². The van der Waals surface area contributed by atoms with E-state index in [-0.39, 0.29) is 11.6 Å². The standard InChI is InChI=1S/C22H21N5O2/c1-26-14-13-23-21(26)19(16-9-5-3-6-10-16)24-22(28)20-18(29-2)15-27(25-20)17-11-7-4-8-12-17/h3-15,19H,1-2H3,(H,24,28)/t19-/m0/s1. The highest BCUT2D eigenvalue weighted by molar-refractivity contribution is 5.95. The molecule has 4 rings (SSSR count). The van der Waals surface area contributed by atoms with Crippen LogP contribution in [0.5, 0.6) is 5.75 Å². The van der Waals surface area contributed by atoms with Gasteiger partial charge in [-0.2, -0.15) is 5.10 Å². The van der Waals surface area contributed by atoms with Crippen LogP contribution in [-0.4, -0.2) is 32.3 Å². The molecule has 2 aromatic heterocycles. The lowest BCUT2D eigenvalue weighted by Crippen LogP contribution is -2.31. The fourth-order valence-corrected chi connectivity index (χ4v) is 3.17. The summed E-state index contributed by atoms with van der Waals surface area (Å²) >= 11 is 0. The molecule has 0 fully saturated rings. The molecular weight excluding hydrogens is 366 g/mol.